The van der Waals surface area contributed by atoms with E-state index in [1.807, 2.05) is 0 Å². The van der Waals surface area contributed by atoms with Crippen LogP contribution in [0.1, 0.15) is 58.8 Å². The highest BCUT2D eigenvalue weighted by Crippen LogP contribution is 2.24. The minimum Gasteiger partial charge on any atom is -0.326 e. The van der Waals surface area contributed by atoms with Crippen LogP contribution in [0.5, 0.6) is 0 Å². The van der Waals surface area contributed by atoms with Crippen LogP contribution in [0.3, 0.4) is 0 Å². The predicted octanol–water partition coefficient (Wildman–Crippen LogP) is 2.25. The Bertz CT molecular complexity index is 333. The number of hydrogen-bond acceptors (Lipinski definition) is 3. The van der Waals surface area contributed by atoms with E-state index in [0.29, 0.717) is 18.4 Å². The van der Waals surface area contributed by atoms with Crippen molar-refractivity contribution in [1.29, 1.82) is 0 Å². The summed E-state index contributed by atoms with van der Waals surface area (Å²) >= 11 is 0. The topological polar surface area (TPSA) is 72.2 Å². The van der Waals surface area contributed by atoms with Gasteiger partial charge in [0.05, 0.1) is 5.75 Å². The lowest BCUT2D eigenvalue weighted by Crippen LogP contribution is -2.43. The standard InChI is InChI=1S/C14H30N2O2S/c1-3-13(4-2)14(15)10-16-19(17,18)11-12-8-6-5-7-9-12/h12-14,16H,3-11,15H2,1-2H3. The zero-order valence-electron chi connectivity index (χ0n) is 12.4. The fourth-order valence-corrected chi connectivity index (χ4v) is 4.53. The predicted molar refractivity (Wildman–Crippen MR) is 80.4 cm³/mol. The summed E-state index contributed by atoms with van der Waals surface area (Å²) in [6.45, 7) is 4.58. The molecule has 0 bridgehead atoms. The van der Waals surface area contributed by atoms with Crippen molar-refractivity contribution < 1.29 is 8.42 Å². The minimum absolute atomic E-state index is 0.0730. The third-order valence-corrected chi connectivity index (χ3v) is 5.89. The quantitative estimate of drug-likeness (QED) is 0.720. The van der Waals surface area contributed by atoms with Crippen LogP contribution >= 0.6 is 0 Å². The zero-order valence-corrected chi connectivity index (χ0v) is 13.2. The molecule has 0 aliphatic heterocycles. The molecule has 1 fully saturated rings. The first-order chi connectivity index (χ1) is 8.98. The second-order valence-electron chi connectivity index (χ2n) is 5.87. The first-order valence-electron chi connectivity index (χ1n) is 7.71. The number of rotatable bonds is 8. The summed E-state index contributed by atoms with van der Waals surface area (Å²) in [5, 5.41) is 0. The second kappa shape index (κ2) is 8.22. The fourth-order valence-electron chi connectivity index (χ4n) is 3.01. The van der Waals surface area contributed by atoms with E-state index in [1.54, 1.807) is 0 Å². The van der Waals surface area contributed by atoms with Crippen LogP contribution in [0.25, 0.3) is 0 Å². The van der Waals surface area contributed by atoms with Crippen LogP contribution < -0.4 is 10.5 Å². The van der Waals surface area contributed by atoms with E-state index in [9.17, 15) is 8.42 Å². The van der Waals surface area contributed by atoms with Crippen molar-refractivity contribution in [3.05, 3.63) is 0 Å². The molecule has 0 spiro atoms. The van der Waals surface area contributed by atoms with Crippen LogP contribution in [0.15, 0.2) is 0 Å². The Morgan fingerprint density at radius 3 is 2.26 bits per heavy atom. The molecule has 0 aromatic heterocycles. The molecule has 0 saturated heterocycles. The summed E-state index contributed by atoms with van der Waals surface area (Å²) in [5.41, 5.74) is 6.05. The van der Waals surface area contributed by atoms with Crippen molar-refractivity contribution in [2.45, 2.75) is 64.8 Å². The molecule has 0 aromatic rings. The molecule has 19 heavy (non-hydrogen) atoms. The molecule has 0 aromatic carbocycles. The minimum atomic E-state index is -3.16. The number of nitrogens with one attached hydrogen (secondary N) is 1. The van der Waals surface area contributed by atoms with Crippen molar-refractivity contribution in [3.63, 3.8) is 0 Å². The lowest BCUT2D eigenvalue weighted by Gasteiger charge is -2.24. The number of sulfonamides is 1. The van der Waals surface area contributed by atoms with E-state index < -0.39 is 10.0 Å². The van der Waals surface area contributed by atoms with E-state index in [0.717, 1.165) is 25.7 Å². The van der Waals surface area contributed by atoms with Crippen LogP contribution in [0.4, 0.5) is 0 Å². The van der Waals surface area contributed by atoms with Gasteiger partial charge in [0.15, 0.2) is 0 Å². The molecule has 1 aliphatic rings. The van der Waals surface area contributed by atoms with Gasteiger partial charge in [-0.25, -0.2) is 13.1 Å². The van der Waals surface area contributed by atoms with Gasteiger partial charge in [-0.15, -0.1) is 0 Å². The van der Waals surface area contributed by atoms with E-state index in [1.165, 1.54) is 19.3 Å². The Balaban J connectivity index is 2.37. The summed E-state index contributed by atoms with van der Waals surface area (Å²) in [6, 6.07) is -0.0730. The maximum atomic E-state index is 12.0. The second-order valence-corrected chi connectivity index (χ2v) is 7.73. The smallest absolute Gasteiger partial charge is 0.211 e. The summed E-state index contributed by atoms with van der Waals surface area (Å²) in [7, 11) is -3.16. The number of nitrogens with two attached hydrogens (primary N) is 1. The van der Waals surface area contributed by atoms with Crippen molar-refractivity contribution in [1.82, 2.24) is 4.72 Å². The number of hydrogen-bond donors (Lipinski definition) is 2. The van der Waals surface area contributed by atoms with Crippen LogP contribution in [0.2, 0.25) is 0 Å². The molecule has 1 rings (SSSR count). The van der Waals surface area contributed by atoms with Gasteiger partial charge in [0.1, 0.15) is 0 Å². The maximum absolute atomic E-state index is 12.0. The highest BCUT2D eigenvalue weighted by atomic mass is 32.2. The molecule has 3 N–H and O–H groups in total. The monoisotopic (exact) mass is 290 g/mol. The van der Waals surface area contributed by atoms with Gasteiger partial charge in [-0.3, -0.25) is 0 Å². The Morgan fingerprint density at radius 2 is 1.74 bits per heavy atom. The van der Waals surface area contributed by atoms with E-state index in [4.69, 9.17) is 5.73 Å². The molecule has 4 nitrogen and oxygen atoms in total. The Kier molecular flexibility index (Phi) is 7.32. The van der Waals surface area contributed by atoms with Crippen molar-refractivity contribution in [2.24, 2.45) is 17.6 Å². The van der Waals surface area contributed by atoms with Gasteiger partial charge in [0.2, 0.25) is 10.0 Å². The molecule has 1 atom stereocenters. The summed E-state index contributed by atoms with van der Waals surface area (Å²) < 4.78 is 26.8. The summed E-state index contributed by atoms with van der Waals surface area (Å²) in [4.78, 5) is 0. The van der Waals surface area contributed by atoms with Gasteiger partial charge in [-0.05, 0) is 24.7 Å². The lowest BCUT2D eigenvalue weighted by atomic mass is 9.91. The van der Waals surface area contributed by atoms with E-state index in [-0.39, 0.29) is 11.8 Å². The largest absolute Gasteiger partial charge is 0.326 e. The Labute approximate surface area is 118 Å². The molecule has 0 amide bonds. The third kappa shape index (κ3) is 6.23. The first kappa shape index (κ1) is 16.9. The fraction of sp³-hybridized carbons (Fsp3) is 1.00. The molecular formula is C14H30N2O2S. The van der Waals surface area contributed by atoms with Gasteiger partial charge in [-0.1, -0.05) is 46.0 Å². The molecule has 5 heteroatoms. The van der Waals surface area contributed by atoms with Crippen molar-refractivity contribution in [2.75, 3.05) is 12.3 Å². The van der Waals surface area contributed by atoms with Crippen LogP contribution in [0, 0.1) is 11.8 Å². The Hall–Kier alpha value is -0.130. The highest BCUT2D eigenvalue weighted by Gasteiger charge is 2.22. The van der Waals surface area contributed by atoms with E-state index in [2.05, 4.69) is 18.6 Å². The molecule has 1 unspecified atom stereocenters. The molecule has 0 heterocycles. The summed E-state index contributed by atoms with van der Waals surface area (Å²) in [5.74, 6) is 1.02. The van der Waals surface area contributed by atoms with Crippen LogP contribution in [-0.2, 0) is 10.0 Å². The van der Waals surface area contributed by atoms with Gasteiger partial charge < -0.3 is 5.73 Å². The SMILES string of the molecule is CCC(CC)C(N)CNS(=O)(=O)CC1CCCCC1. The maximum Gasteiger partial charge on any atom is 0.211 e. The first-order valence-corrected chi connectivity index (χ1v) is 9.36. The third-order valence-electron chi connectivity index (χ3n) is 4.37. The molecule has 0 radical (unpaired) electrons. The molecule has 1 saturated carbocycles. The normalized spacial score (nSPS) is 19.8. The van der Waals surface area contributed by atoms with E-state index >= 15 is 0 Å². The zero-order chi connectivity index (χ0) is 14.3. The average Bonchev–Trinajstić information content (AvgIpc) is 2.38. The average molecular weight is 290 g/mol. The Morgan fingerprint density at radius 1 is 1.16 bits per heavy atom. The summed E-state index contributed by atoms with van der Waals surface area (Å²) in [6.07, 6.45) is 7.72. The highest BCUT2D eigenvalue weighted by molar-refractivity contribution is 7.89. The van der Waals surface area contributed by atoms with Crippen LogP contribution in [-0.4, -0.2) is 26.8 Å². The molecule has 114 valence electrons. The van der Waals surface area contributed by atoms with Gasteiger partial charge in [-0.2, -0.15) is 0 Å². The van der Waals surface area contributed by atoms with Gasteiger partial charge in [0.25, 0.3) is 0 Å². The molecule has 1 aliphatic carbocycles. The molecular weight excluding hydrogens is 260 g/mol. The van der Waals surface area contributed by atoms with Crippen molar-refractivity contribution >= 4 is 10.0 Å². The van der Waals surface area contributed by atoms with Gasteiger partial charge >= 0.3 is 0 Å². The van der Waals surface area contributed by atoms with Gasteiger partial charge in [0, 0.05) is 12.6 Å². The van der Waals surface area contributed by atoms with Crippen molar-refractivity contribution in [3.8, 4) is 0 Å². The lowest BCUT2D eigenvalue weighted by molar-refractivity contribution is 0.378.